The van der Waals surface area contributed by atoms with Crippen LogP contribution < -0.4 is 40.0 Å². The average Bonchev–Trinajstić information content (AvgIpc) is 3.03. The molecule has 0 fully saturated rings. The summed E-state index contributed by atoms with van der Waals surface area (Å²) >= 11 is 0. The standard InChI is InChI=1S/C19H38O2.C13H9N.C8H17NO2.ClH.HNO3.2H3N.Pt/c1-2-3-4-5-6-7-8-9-10-11-12-13-14-15-16-17-18-19(20)21;1-2-6-11-10(5-1)9-14-13-8-4-3-7-12(11)13;1-7(2,3)8(4,5)9-6(10)11;;2-1(3)4;;;/h2-18H2,1H3,(H,20,21);1-9H;1-5H3,(H2,9,10,11);1H;(H,2,3,4);2*1H3;/q;;;;;;;+4/p-4. The Balaban J connectivity index is -0.000000212. The van der Waals surface area contributed by atoms with Gasteiger partial charge in [0.25, 0.3) is 5.09 Å². The first-order valence-corrected chi connectivity index (χ1v) is 18.3. The van der Waals surface area contributed by atoms with Crippen LogP contribution in [0.25, 0.3) is 21.7 Å². The number of carboxylic acid groups (broad SMARTS) is 1. The van der Waals surface area contributed by atoms with E-state index in [0.717, 1.165) is 18.4 Å². The van der Waals surface area contributed by atoms with Crippen LogP contribution in [-0.2, 0) is 25.9 Å². The molecule has 0 unspecified atom stereocenters. The minimum absolute atomic E-state index is 0. The van der Waals surface area contributed by atoms with E-state index < -0.39 is 22.7 Å². The zero-order valence-electron chi connectivity index (χ0n) is 33.6. The molecule has 0 saturated heterocycles. The Labute approximate surface area is 345 Å². The number of aromatic nitrogens is 1. The van der Waals surface area contributed by atoms with E-state index in [0.29, 0.717) is 0 Å². The maximum Gasteiger partial charge on any atom is 4.00 e. The number of carbonyl (C=O) groups is 1. The van der Waals surface area contributed by atoms with Crippen LogP contribution in [0.15, 0.2) is 59.7 Å². The smallest absolute Gasteiger partial charge is 1.00 e. The van der Waals surface area contributed by atoms with Crippen LogP contribution in [0.5, 0.6) is 0 Å². The first-order chi connectivity index (χ1) is 23.6. The minimum atomic E-state index is -1.50. The second-order valence-corrected chi connectivity index (χ2v) is 14.2. The van der Waals surface area contributed by atoms with Gasteiger partial charge in [0.05, 0.1) is 11.1 Å². The van der Waals surface area contributed by atoms with Gasteiger partial charge in [-0.15, -0.1) is 16.2 Å². The number of pyridine rings is 1. The number of rotatable bonds is 18. The maximum atomic E-state index is 10.2. The summed E-state index contributed by atoms with van der Waals surface area (Å²) in [5.41, 5.74) is 0.324. The van der Waals surface area contributed by atoms with Gasteiger partial charge < -0.3 is 55.0 Å². The normalized spacial score (nSPS) is 10.1. The molecule has 3 rings (SSSR count). The van der Waals surface area contributed by atoms with E-state index >= 15 is 0 Å². The Bertz CT molecular complexity index is 1330. The van der Waals surface area contributed by atoms with E-state index in [2.05, 4.69) is 47.2 Å². The molecule has 0 radical (unpaired) electrons. The predicted molar refractivity (Wildman–Crippen MR) is 208 cm³/mol. The number of halogens is 1. The largest absolute Gasteiger partial charge is 4.00 e. The van der Waals surface area contributed by atoms with Gasteiger partial charge in [0.15, 0.2) is 0 Å². The molecule has 0 atom stereocenters. The van der Waals surface area contributed by atoms with Crippen molar-refractivity contribution in [3.05, 3.63) is 64.8 Å². The Hall–Kier alpha value is -3.05. The molecule has 0 aliphatic rings. The Morgan fingerprint density at radius 3 is 1.44 bits per heavy atom. The van der Waals surface area contributed by atoms with Crippen molar-refractivity contribution >= 4 is 33.7 Å². The molecule has 0 amide bonds. The van der Waals surface area contributed by atoms with Crippen molar-refractivity contribution in [3.8, 4) is 0 Å². The fourth-order valence-corrected chi connectivity index (χ4v) is 5.02. The van der Waals surface area contributed by atoms with Crippen LogP contribution >= 0.6 is 0 Å². The number of carboxylic acids is 1. The van der Waals surface area contributed by atoms with Gasteiger partial charge in [-0.05, 0) is 43.6 Å². The minimum Gasteiger partial charge on any atom is -1.00 e. The second kappa shape index (κ2) is 35.6. The summed E-state index contributed by atoms with van der Waals surface area (Å²) in [4.78, 5) is 26.5. The van der Waals surface area contributed by atoms with Gasteiger partial charge in [-0.3, -0.25) is 4.98 Å². The molecular weight excluding hydrogens is 893 g/mol. The van der Waals surface area contributed by atoms with Crippen LogP contribution in [0, 0.1) is 15.5 Å². The molecule has 1 aromatic heterocycles. The van der Waals surface area contributed by atoms with E-state index in [9.17, 15) is 20.1 Å². The van der Waals surface area contributed by atoms with Crippen molar-refractivity contribution < 1.29 is 63.9 Å². The molecule has 14 heteroatoms. The molecule has 7 N–H and O–H groups in total. The van der Waals surface area contributed by atoms with Crippen molar-refractivity contribution in [2.24, 2.45) is 10.4 Å². The van der Waals surface area contributed by atoms with Crippen molar-refractivity contribution in [1.82, 2.24) is 17.3 Å². The van der Waals surface area contributed by atoms with E-state index in [1.807, 2.05) is 45.2 Å². The fourth-order valence-electron chi connectivity index (χ4n) is 5.02. The van der Waals surface area contributed by atoms with Crippen molar-refractivity contribution in [2.75, 3.05) is 0 Å². The number of nitrogens with zero attached hydrogens (tertiary/aromatic N) is 3. The molecule has 0 saturated carbocycles. The molecule has 2 aromatic carbocycles. The summed E-state index contributed by atoms with van der Waals surface area (Å²) in [7, 11) is 0. The van der Waals surface area contributed by atoms with Crippen LogP contribution in [0.4, 0.5) is 0 Å². The van der Waals surface area contributed by atoms with Gasteiger partial charge in [-0.25, -0.2) is 0 Å². The van der Waals surface area contributed by atoms with E-state index in [-0.39, 0.29) is 57.6 Å². The van der Waals surface area contributed by atoms with Crippen LogP contribution in [0.2, 0.25) is 0 Å². The van der Waals surface area contributed by atoms with Gasteiger partial charge in [-0.2, -0.15) is 0 Å². The third-order valence-corrected chi connectivity index (χ3v) is 8.94. The van der Waals surface area contributed by atoms with Crippen LogP contribution in [0.1, 0.15) is 151 Å². The summed E-state index contributed by atoms with van der Waals surface area (Å²) in [5.74, 6) is -0.902. The zero-order chi connectivity index (χ0) is 37.8. The maximum absolute atomic E-state index is 10.2. The molecule has 0 aliphatic carbocycles. The number of carbonyl (C=O) groups excluding carboxylic acids is 1. The third-order valence-electron chi connectivity index (χ3n) is 8.94. The first kappa shape index (κ1) is 60.2. The number of unbranched alkanes of at least 4 members (excludes halogenated alkanes) is 15. The van der Waals surface area contributed by atoms with Crippen molar-refractivity contribution in [2.45, 2.75) is 156 Å². The van der Waals surface area contributed by atoms with Gasteiger partial charge in [0.1, 0.15) is 0 Å². The SMILES string of the molecule is CC(C)(C)C(C)(C)N=C([O-])[O-].CCCCCCCCCCCCCCCCCCC(=O)[O-].N.N.O=[N+]([O-])O.[Cl-].[Pt+4].c1ccc2c(c1)cnc1ccccc12. The van der Waals surface area contributed by atoms with E-state index in [1.54, 1.807) is 13.8 Å². The van der Waals surface area contributed by atoms with E-state index in [1.165, 1.54) is 106 Å². The molecular formula is C40H68ClN5O7Pt. The van der Waals surface area contributed by atoms with Gasteiger partial charge in [-0.1, -0.05) is 166 Å². The summed E-state index contributed by atoms with van der Waals surface area (Å²) < 4.78 is 0. The Morgan fingerprint density at radius 2 is 1.07 bits per heavy atom. The zero-order valence-corrected chi connectivity index (χ0v) is 36.6. The quantitative estimate of drug-likeness (QED) is 0.0354. The first-order valence-electron chi connectivity index (χ1n) is 18.3. The average molecular weight is 962 g/mol. The molecule has 0 spiro atoms. The number of hydrogen-bond donors (Lipinski definition) is 3. The number of para-hydroxylation sites is 1. The summed E-state index contributed by atoms with van der Waals surface area (Å²) in [5, 5.41) is 47.9. The number of fused-ring (bicyclic) bond motifs is 3. The van der Waals surface area contributed by atoms with Crippen molar-refractivity contribution in [3.63, 3.8) is 0 Å². The van der Waals surface area contributed by atoms with Gasteiger partial charge in [0.2, 0.25) is 0 Å². The second-order valence-electron chi connectivity index (χ2n) is 14.2. The Morgan fingerprint density at radius 1 is 0.704 bits per heavy atom. The van der Waals surface area contributed by atoms with Crippen LogP contribution in [0.3, 0.4) is 0 Å². The number of benzene rings is 2. The molecule has 54 heavy (non-hydrogen) atoms. The van der Waals surface area contributed by atoms with E-state index in [4.69, 9.17) is 15.3 Å². The molecule has 12 nitrogen and oxygen atoms in total. The topological polar surface area (TPSA) is 245 Å². The Kier molecular flexibility index (Phi) is 39.7. The third kappa shape index (κ3) is 31.3. The summed E-state index contributed by atoms with van der Waals surface area (Å²) in [6.45, 7) is 11.7. The van der Waals surface area contributed by atoms with Gasteiger partial charge in [0, 0.05) is 22.9 Å². The van der Waals surface area contributed by atoms with Gasteiger partial charge >= 0.3 is 21.1 Å². The fraction of sp³-hybridized carbons (Fsp3) is 0.625. The summed E-state index contributed by atoms with van der Waals surface area (Å²) in [6, 6.07) is 16.6. The number of aliphatic carboxylic acids is 1. The molecule has 312 valence electrons. The molecule has 0 bridgehead atoms. The monoisotopic (exact) mass is 960 g/mol. The molecule has 1 heterocycles. The van der Waals surface area contributed by atoms with Crippen molar-refractivity contribution in [1.29, 1.82) is 0 Å². The van der Waals surface area contributed by atoms with Crippen LogP contribution in [-0.4, -0.2) is 32.9 Å². The number of hydrogen-bond acceptors (Lipinski definition) is 10. The number of aliphatic imine (C=N–C) groups is 1. The predicted octanol–water partition coefficient (Wildman–Crippen LogP) is 5.64. The summed E-state index contributed by atoms with van der Waals surface area (Å²) in [6.07, 6.45) is 21.9. The molecule has 3 aromatic rings. The molecule has 0 aliphatic heterocycles.